The topological polar surface area (TPSA) is 151 Å². The van der Waals surface area contributed by atoms with Gasteiger partial charge in [-0.15, -0.1) is 0 Å². The first-order chi connectivity index (χ1) is 24.3. The van der Waals surface area contributed by atoms with E-state index in [9.17, 15) is 24.5 Å². The normalized spacial score (nSPS) is 14.8. The molecule has 0 fully saturated rings. The zero-order chi connectivity index (χ0) is 37.0. The minimum Gasteiger partial charge on any atom is -0.393 e. The molecule has 0 rings (SSSR count). The summed E-state index contributed by atoms with van der Waals surface area (Å²) < 4.78 is 22.1. The lowest BCUT2D eigenvalue weighted by atomic mass is 10.0. The molecule has 0 aliphatic heterocycles. The van der Waals surface area contributed by atoms with E-state index in [4.69, 9.17) is 14.8 Å². The summed E-state index contributed by atoms with van der Waals surface area (Å²) in [5, 5.41) is 24.1. The van der Waals surface area contributed by atoms with E-state index >= 15 is 0 Å². The Morgan fingerprint density at radius 2 is 0.960 bits per heavy atom. The van der Waals surface area contributed by atoms with Crippen LogP contribution in [-0.4, -0.2) is 59.0 Å². The quantitative estimate of drug-likeness (QED) is 0.0308. The van der Waals surface area contributed by atoms with Crippen molar-refractivity contribution < 1.29 is 33.5 Å². The number of nitrogens with two attached hydrogens (primary N) is 1. The van der Waals surface area contributed by atoms with Gasteiger partial charge in [0.25, 0.3) is 0 Å². The molecule has 6 N–H and O–H groups in total. The number of aliphatic hydroxyl groups excluding tert-OH is 2. The molecule has 300 valence electrons. The second-order valence-corrected chi connectivity index (χ2v) is 16.2. The van der Waals surface area contributed by atoms with Gasteiger partial charge in [0.05, 0.1) is 37.9 Å². The fourth-order valence-corrected chi connectivity index (χ4v) is 7.29. The summed E-state index contributed by atoms with van der Waals surface area (Å²) >= 11 is 0. The highest BCUT2D eigenvalue weighted by atomic mass is 31.2. The molecule has 4 atom stereocenters. The molecule has 0 radical (unpaired) electrons. The number of nitrogens with one attached hydrogen (secondary N) is 1. The summed E-state index contributed by atoms with van der Waals surface area (Å²) in [6.45, 7) is 4.04. The molecule has 0 aromatic carbocycles. The van der Waals surface area contributed by atoms with E-state index in [0.29, 0.717) is 12.8 Å². The first-order valence-corrected chi connectivity index (χ1v) is 22.7. The average molecular weight is 735 g/mol. The van der Waals surface area contributed by atoms with Crippen molar-refractivity contribution in [3.05, 3.63) is 0 Å². The van der Waals surface area contributed by atoms with Crippen LogP contribution in [0.3, 0.4) is 0 Å². The fraction of sp³-hybridized carbons (Fsp3) is 0.975. The maximum atomic E-state index is 12.8. The van der Waals surface area contributed by atoms with E-state index in [0.717, 1.165) is 38.5 Å². The number of rotatable bonds is 40. The van der Waals surface area contributed by atoms with Crippen LogP contribution in [0.15, 0.2) is 0 Å². The Bertz CT molecular complexity index is 776. The summed E-state index contributed by atoms with van der Waals surface area (Å²) in [6, 6.07) is -0.889. The third kappa shape index (κ3) is 34.5. The smallest absolute Gasteiger partial charge is 0.393 e. The van der Waals surface area contributed by atoms with Gasteiger partial charge in [-0.1, -0.05) is 194 Å². The van der Waals surface area contributed by atoms with E-state index in [1.165, 1.54) is 141 Å². The molecule has 0 heterocycles. The molecule has 0 aromatic rings. The molecule has 9 nitrogen and oxygen atoms in total. The maximum absolute atomic E-state index is 12.8. The third-order valence-electron chi connectivity index (χ3n) is 9.77. The largest absolute Gasteiger partial charge is 0.472 e. The van der Waals surface area contributed by atoms with Crippen LogP contribution >= 0.6 is 7.82 Å². The van der Waals surface area contributed by atoms with Crippen LogP contribution in [0.1, 0.15) is 213 Å². The van der Waals surface area contributed by atoms with Crippen LogP contribution in [0.2, 0.25) is 0 Å². The second-order valence-electron chi connectivity index (χ2n) is 14.8. The number of hydrogen-bond acceptors (Lipinski definition) is 7. The van der Waals surface area contributed by atoms with E-state index < -0.39 is 32.0 Å². The number of hydrogen-bond donors (Lipinski definition) is 5. The van der Waals surface area contributed by atoms with Gasteiger partial charge in [0, 0.05) is 6.54 Å². The molecular weight excluding hydrogens is 651 g/mol. The Morgan fingerprint density at radius 1 is 0.600 bits per heavy atom. The van der Waals surface area contributed by atoms with E-state index in [2.05, 4.69) is 19.2 Å². The van der Waals surface area contributed by atoms with Crippen molar-refractivity contribution in [1.82, 2.24) is 5.32 Å². The highest BCUT2D eigenvalue weighted by Gasteiger charge is 2.28. The van der Waals surface area contributed by atoms with Crippen molar-refractivity contribution in [3.8, 4) is 0 Å². The summed E-state index contributed by atoms with van der Waals surface area (Å²) in [5.74, 6) is -0.412. The first-order valence-electron chi connectivity index (χ1n) is 21.2. The van der Waals surface area contributed by atoms with Crippen molar-refractivity contribution in [2.45, 2.75) is 231 Å². The molecule has 10 heteroatoms. The molecule has 0 aliphatic rings. The number of aliphatic hydroxyl groups is 2. The number of carbonyl (C=O) groups excluding carboxylic acids is 1. The Balaban J connectivity index is 4.21. The lowest BCUT2D eigenvalue weighted by molar-refractivity contribution is -0.125. The summed E-state index contributed by atoms with van der Waals surface area (Å²) in [4.78, 5) is 22.7. The molecule has 1 amide bonds. The zero-order valence-corrected chi connectivity index (χ0v) is 33.7. The Kier molecular flexibility index (Phi) is 36.4. The Labute approximate surface area is 308 Å². The van der Waals surface area contributed by atoms with Gasteiger partial charge in [0.15, 0.2) is 0 Å². The molecule has 4 unspecified atom stereocenters. The standard InChI is InChI=1S/C40H83N2O7P/c1-3-5-7-9-11-13-14-15-16-17-18-19-20-21-22-24-26-28-30-32-39(44)38(36-49-50(46,47)48-34-33-41)42-40(45)35-37(43)31-29-27-25-23-12-10-8-6-4-2/h37-39,43-44H,3-36,41H2,1-2H3,(H,42,45)(H,46,47). The lowest BCUT2D eigenvalue weighted by Crippen LogP contribution is -2.47. The van der Waals surface area contributed by atoms with Crippen molar-refractivity contribution in [2.24, 2.45) is 5.73 Å². The molecule has 50 heavy (non-hydrogen) atoms. The van der Waals surface area contributed by atoms with Crippen LogP contribution in [0.5, 0.6) is 0 Å². The number of phosphoric ester groups is 1. The van der Waals surface area contributed by atoms with Gasteiger partial charge in [-0.3, -0.25) is 13.8 Å². The molecule has 0 aromatic heterocycles. The van der Waals surface area contributed by atoms with Crippen LogP contribution in [-0.2, 0) is 18.4 Å². The van der Waals surface area contributed by atoms with Crippen molar-refractivity contribution >= 4 is 13.7 Å². The molecule has 0 aliphatic carbocycles. The van der Waals surface area contributed by atoms with Gasteiger partial charge in [-0.25, -0.2) is 4.57 Å². The fourth-order valence-electron chi connectivity index (χ4n) is 6.53. The minimum atomic E-state index is -4.37. The molecule has 0 bridgehead atoms. The van der Waals surface area contributed by atoms with E-state index in [1.807, 2.05) is 0 Å². The van der Waals surface area contributed by atoms with E-state index in [-0.39, 0.29) is 26.2 Å². The summed E-state index contributed by atoms with van der Waals surface area (Å²) in [7, 11) is -4.37. The molecular formula is C40H83N2O7P. The second kappa shape index (κ2) is 36.8. The Morgan fingerprint density at radius 3 is 1.34 bits per heavy atom. The number of carbonyl (C=O) groups is 1. The van der Waals surface area contributed by atoms with E-state index in [1.54, 1.807) is 0 Å². The highest BCUT2D eigenvalue weighted by molar-refractivity contribution is 7.47. The summed E-state index contributed by atoms with van der Waals surface area (Å²) in [5.41, 5.74) is 5.36. The number of phosphoric acid groups is 1. The minimum absolute atomic E-state index is 0.0624. The SMILES string of the molecule is CCCCCCCCCCCCCCCCCCCCCC(O)C(COP(=O)(O)OCCN)NC(=O)CC(O)CCCCCCCCCCC. The molecule has 0 saturated carbocycles. The predicted octanol–water partition coefficient (Wildman–Crippen LogP) is 10.4. The monoisotopic (exact) mass is 735 g/mol. The average Bonchev–Trinajstić information content (AvgIpc) is 3.09. The number of unbranched alkanes of at least 4 members (excludes halogenated alkanes) is 26. The van der Waals surface area contributed by atoms with Crippen molar-refractivity contribution in [3.63, 3.8) is 0 Å². The van der Waals surface area contributed by atoms with Crippen molar-refractivity contribution in [2.75, 3.05) is 19.8 Å². The van der Waals surface area contributed by atoms with Gasteiger partial charge in [-0.2, -0.15) is 0 Å². The van der Waals surface area contributed by atoms with Gasteiger partial charge >= 0.3 is 7.82 Å². The number of amides is 1. The van der Waals surface area contributed by atoms with Crippen LogP contribution < -0.4 is 11.1 Å². The van der Waals surface area contributed by atoms with Crippen LogP contribution in [0, 0.1) is 0 Å². The Hall–Kier alpha value is -0.540. The molecule has 0 spiro atoms. The summed E-state index contributed by atoms with van der Waals surface area (Å²) in [6.07, 6.45) is 34.4. The van der Waals surface area contributed by atoms with Gasteiger partial charge in [0.1, 0.15) is 0 Å². The van der Waals surface area contributed by atoms with Crippen LogP contribution in [0.25, 0.3) is 0 Å². The third-order valence-corrected chi connectivity index (χ3v) is 10.7. The molecule has 0 saturated heterocycles. The zero-order valence-electron chi connectivity index (χ0n) is 32.8. The highest BCUT2D eigenvalue weighted by Crippen LogP contribution is 2.43. The van der Waals surface area contributed by atoms with Gasteiger partial charge < -0.3 is 26.2 Å². The van der Waals surface area contributed by atoms with Gasteiger partial charge in [0.2, 0.25) is 5.91 Å². The predicted molar refractivity (Wildman–Crippen MR) is 209 cm³/mol. The van der Waals surface area contributed by atoms with Crippen LogP contribution in [0.4, 0.5) is 0 Å². The maximum Gasteiger partial charge on any atom is 0.472 e. The van der Waals surface area contributed by atoms with Gasteiger partial charge in [-0.05, 0) is 12.8 Å². The first kappa shape index (κ1) is 49.5. The van der Waals surface area contributed by atoms with Crippen molar-refractivity contribution in [1.29, 1.82) is 0 Å². The lowest BCUT2D eigenvalue weighted by Gasteiger charge is -2.25.